The van der Waals surface area contributed by atoms with Crippen LogP contribution in [0.1, 0.15) is 12.0 Å². The van der Waals surface area contributed by atoms with Crippen molar-refractivity contribution in [3.05, 3.63) is 29.6 Å². The van der Waals surface area contributed by atoms with Gasteiger partial charge < -0.3 is 9.64 Å². The predicted octanol–water partition coefficient (Wildman–Crippen LogP) is 2.33. The Morgan fingerprint density at radius 1 is 1.33 bits per heavy atom. The molecule has 0 aliphatic rings. The lowest BCUT2D eigenvalue weighted by Gasteiger charge is -2.11. The number of ether oxygens (including phenoxy) is 1. The molecule has 0 N–H and O–H groups in total. The van der Waals surface area contributed by atoms with Gasteiger partial charge in [0, 0.05) is 0 Å². The zero-order valence-electron chi connectivity index (χ0n) is 9.59. The first-order valence-corrected chi connectivity index (χ1v) is 5.10. The summed E-state index contributed by atoms with van der Waals surface area (Å²) >= 11 is 0. The fourth-order valence-corrected chi connectivity index (χ4v) is 1.53. The van der Waals surface area contributed by atoms with Crippen LogP contribution in [0.5, 0.6) is 5.75 Å². The fraction of sp³-hybridized carbons (Fsp3) is 0.500. The molecule has 0 amide bonds. The molecule has 0 aliphatic carbocycles. The summed E-state index contributed by atoms with van der Waals surface area (Å²) in [4.78, 5) is 2.12. The van der Waals surface area contributed by atoms with Crippen LogP contribution in [-0.2, 0) is 6.42 Å². The minimum Gasteiger partial charge on any atom is -0.496 e. The van der Waals surface area contributed by atoms with Crippen molar-refractivity contribution in [1.82, 2.24) is 4.90 Å². The minimum atomic E-state index is -0.198. The molecule has 1 rings (SSSR count). The minimum absolute atomic E-state index is 0.198. The van der Waals surface area contributed by atoms with Crippen molar-refractivity contribution in [2.24, 2.45) is 0 Å². The van der Waals surface area contributed by atoms with Crippen molar-refractivity contribution in [2.75, 3.05) is 27.7 Å². The van der Waals surface area contributed by atoms with E-state index in [0.29, 0.717) is 0 Å². The highest BCUT2D eigenvalue weighted by Gasteiger charge is 2.04. The van der Waals surface area contributed by atoms with Crippen molar-refractivity contribution in [3.63, 3.8) is 0 Å². The molecule has 15 heavy (non-hydrogen) atoms. The summed E-state index contributed by atoms with van der Waals surface area (Å²) in [5.41, 5.74) is 0.944. The molecule has 0 saturated heterocycles. The molecule has 0 atom stereocenters. The van der Waals surface area contributed by atoms with E-state index in [9.17, 15) is 4.39 Å². The maximum atomic E-state index is 13.0. The third kappa shape index (κ3) is 3.88. The second-order valence-corrected chi connectivity index (χ2v) is 3.86. The Bertz CT molecular complexity index is 312. The van der Waals surface area contributed by atoms with Gasteiger partial charge in [-0.25, -0.2) is 4.39 Å². The van der Waals surface area contributed by atoms with Gasteiger partial charge in [-0.1, -0.05) is 0 Å². The molecule has 0 aliphatic heterocycles. The summed E-state index contributed by atoms with van der Waals surface area (Å²) in [6, 6.07) is 4.66. The molecule has 0 bridgehead atoms. The normalized spacial score (nSPS) is 10.7. The zero-order chi connectivity index (χ0) is 11.3. The molecule has 0 fully saturated rings. The van der Waals surface area contributed by atoms with E-state index in [2.05, 4.69) is 4.90 Å². The summed E-state index contributed by atoms with van der Waals surface area (Å²) in [6.07, 6.45) is 1.85. The highest BCUT2D eigenvalue weighted by atomic mass is 19.1. The van der Waals surface area contributed by atoms with Gasteiger partial charge in [0.2, 0.25) is 0 Å². The van der Waals surface area contributed by atoms with Crippen LogP contribution >= 0.6 is 0 Å². The van der Waals surface area contributed by atoms with Crippen molar-refractivity contribution in [3.8, 4) is 5.75 Å². The second kappa shape index (κ2) is 5.71. The van der Waals surface area contributed by atoms with Crippen LogP contribution in [0.3, 0.4) is 0 Å². The Hall–Kier alpha value is -1.09. The zero-order valence-corrected chi connectivity index (χ0v) is 9.59. The van der Waals surface area contributed by atoms with Gasteiger partial charge in [-0.05, 0) is 57.2 Å². The summed E-state index contributed by atoms with van der Waals surface area (Å²) < 4.78 is 18.2. The van der Waals surface area contributed by atoms with Crippen molar-refractivity contribution in [2.45, 2.75) is 12.8 Å². The lowest BCUT2D eigenvalue weighted by Crippen LogP contribution is -2.13. The van der Waals surface area contributed by atoms with Gasteiger partial charge in [-0.15, -0.1) is 0 Å². The van der Waals surface area contributed by atoms with Gasteiger partial charge in [-0.2, -0.15) is 0 Å². The summed E-state index contributed by atoms with van der Waals surface area (Å²) in [6.45, 7) is 1.000. The van der Waals surface area contributed by atoms with Gasteiger partial charge in [-0.3, -0.25) is 0 Å². The number of methoxy groups -OCH3 is 1. The number of rotatable bonds is 5. The monoisotopic (exact) mass is 211 g/mol. The second-order valence-electron chi connectivity index (χ2n) is 3.86. The lowest BCUT2D eigenvalue weighted by atomic mass is 10.1. The van der Waals surface area contributed by atoms with Gasteiger partial charge in [0.1, 0.15) is 11.6 Å². The van der Waals surface area contributed by atoms with E-state index in [4.69, 9.17) is 4.74 Å². The number of halogens is 1. The smallest absolute Gasteiger partial charge is 0.123 e. The molecule has 0 spiro atoms. The highest BCUT2D eigenvalue weighted by molar-refractivity contribution is 5.33. The highest BCUT2D eigenvalue weighted by Crippen LogP contribution is 2.20. The molecule has 0 heterocycles. The van der Waals surface area contributed by atoms with Crippen LogP contribution in [0.4, 0.5) is 4.39 Å². The van der Waals surface area contributed by atoms with E-state index in [0.717, 1.165) is 30.7 Å². The number of nitrogens with zero attached hydrogens (tertiary/aromatic N) is 1. The van der Waals surface area contributed by atoms with E-state index in [1.165, 1.54) is 6.07 Å². The first kappa shape index (κ1) is 12.0. The first-order valence-electron chi connectivity index (χ1n) is 5.10. The number of hydrogen-bond donors (Lipinski definition) is 0. The number of benzene rings is 1. The molecular formula is C12H18FNO. The Labute approximate surface area is 90.7 Å². The Morgan fingerprint density at radius 2 is 2.07 bits per heavy atom. The van der Waals surface area contributed by atoms with Crippen molar-refractivity contribution >= 4 is 0 Å². The van der Waals surface area contributed by atoms with Gasteiger partial charge in [0.15, 0.2) is 0 Å². The van der Waals surface area contributed by atoms with Gasteiger partial charge >= 0.3 is 0 Å². The average Bonchev–Trinajstić information content (AvgIpc) is 2.17. The average molecular weight is 211 g/mol. The van der Waals surface area contributed by atoms with E-state index in [1.807, 2.05) is 14.1 Å². The van der Waals surface area contributed by atoms with Gasteiger partial charge in [0.25, 0.3) is 0 Å². The molecule has 1 aromatic carbocycles. The molecule has 2 nitrogen and oxygen atoms in total. The van der Waals surface area contributed by atoms with Crippen LogP contribution in [0, 0.1) is 5.82 Å². The van der Waals surface area contributed by atoms with Crippen LogP contribution < -0.4 is 4.74 Å². The van der Waals surface area contributed by atoms with Gasteiger partial charge in [0.05, 0.1) is 7.11 Å². The van der Waals surface area contributed by atoms with Crippen LogP contribution in [-0.4, -0.2) is 32.6 Å². The molecule has 1 aromatic rings. The van der Waals surface area contributed by atoms with Crippen molar-refractivity contribution in [1.29, 1.82) is 0 Å². The molecule has 3 heteroatoms. The first-order chi connectivity index (χ1) is 7.13. The summed E-state index contributed by atoms with van der Waals surface area (Å²) in [7, 11) is 5.67. The molecular weight excluding hydrogens is 193 g/mol. The molecule has 0 aromatic heterocycles. The van der Waals surface area contributed by atoms with E-state index in [1.54, 1.807) is 19.2 Å². The molecule has 84 valence electrons. The van der Waals surface area contributed by atoms with Crippen molar-refractivity contribution < 1.29 is 9.13 Å². The fourth-order valence-electron chi connectivity index (χ4n) is 1.53. The molecule has 0 radical (unpaired) electrons. The van der Waals surface area contributed by atoms with E-state index in [-0.39, 0.29) is 5.82 Å². The van der Waals surface area contributed by atoms with Crippen LogP contribution in [0.25, 0.3) is 0 Å². The van der Waals surface area contributed by atoms with Crippen LogP contribution in [0.15, 0.2) is 18.2 Å². The Balaban J connectivity index is 2.62. The number of aryl methyl sites for hydroxylation is 1. The molecule has 0 unspecified atom stereocenters. The van der Waals surface area contributed by atoms with E-state index >= 15 is 0 Å². The third-order valence-electron chi connectivity index (χ3n) is 2.29. The quantitative estimate of drug-likeness (QED) is 0.741. The maximum Gasteiger partial charge on any atom is 0.123 e. The lowest BCUT2D eigenvalue weighted by molar-refractivity contribution is 0.390. The maximum absolute atomic E-state index is 13.0. The SMILES string of the molecule is COc1ccc(F)cc1CCCN(C)C. The summed E-state index contributed by atoms with van der Waals surface area (Å²) in [5, 5.41) is 0. The standard InChI is InChI=1S/C12H18FNO/c1-14(2)8-4-5-10-9-11(13)6-7-12(10)15-3/h6-7,9H,4-5,8H2,1-3H3. The predicted molar refractivity (Wildman–Crippen MR) is 59.8 cm³/mol. The largest absolute Gasteiger partial charge is 0.496 e. The van der Waals surface area contributed by atoms with E-state index < -0.39 is 0 Å². The summed E-state index contributed by atoms with van der Waals surface area (Å²) in [5.74, 6) is 0.575. The Kier molecular flexibility index (Phi) is 4.56. The third-order valence-corrected chi connectivity index (χ3v) is 2.29. The molecule has 0 saturated carbocycles. The topological polar surface area (TPSA) is 12.5 Å². The number of hydrogen-bond acceptors (Lipinski definition) is 2. The van der Waals surface area contributed by atoms with Crippen LogP contribution in [0.2, 0.25) is 0 Å². The Morgan fingerprint density at radius 3 is 2.67 bits per heavy atom.